The lowest BCUT2D eigenvalue weighted by atomic mass is 10.0. The van der Waals surface area contributed by atoms with Crippen molar-refractivity contribution in [1.82, 2.24) is 5.32 Å². The zero-order valence-corrected chi connectivity index (χ0v) is 9.64. The van der Waals surface area contributed by atoms with Crippen LogP contribution < -0.4 is 5.32 Å². The van der Waals surface area contributed by atoms with Crippen LogP contribution in [-0.4, -0.2) is 12.1 Å². The minimum atomic E-state index is 0.706. The predicted molar refractivity (Wildman–Crippen MR) is 58.9 cm³/mol. The summed E-state index contributed by atoms with van der Waals surface area (Å²) in [5.74, 6) is 1.84. The summed E-state index contributed by atoms with van der Waals surface area (Å²) in [4.78, 5) is 0. The van der Waals surface area contributed by atoms with E-state index in [0.717, 1.165) is 17.9 Å². The van der Waals surface area contributed by atoms with Crippen molar-refractivity contribution in [2.24, 2.45) is 11.8 Å². The van der Waals surface area contributed by atoms with E-state index in [1.165, 1.54) is 25.7 Å². The summed E-state index contributed by atoms with van der Waals surface area (Å²) >= 11 is 0. The Labute approximate surface area is 83.3 Å². The average molecular weight is 183 g/mol. The normalized spacial score (nSPS) is 21.9. The van der Waals surface area contributed by atoms with Crippen molar-refractivity contribution in [2.75, 3.05) is 0 Å². The predicted octanol–water partition coefficient (Wildman–Crippen LogP) is 3.20. The molecule has 0 saturated heterocycles. The van der Waals surface area contributed by atoms with Gasteiger partial charge in [-0.25, -0.2) is 0 Å². The minimum absolute atomic E-state index is 0.706. The molecule has 1 N–H and O–H groups in total. The molecule has 1 saturated carbocycles. The van der Waals surface area contributed by atoms with Gasteiger partial charge in [0, 0.05) is 12.1 Å². The highest BCUT2D eigenvalue weighted by Crippen LogP contribution is 2.32. The summed E-state index contributed by atoms with van der Waals surface area (Å²) in [6, 6.07) is 1.46. The maximum atomic E-state index is 3.70. The van der Waals surface area contributed by atoms with E-state index in [1.807, 2.05) is 0 Å². The molecule has 0 bridgehead atoms. The Kier molecular flexibility index (Phi) is 4.24. The molecule has 1 aliphatic rings. The van der Waals surface area contributed by atoms with E-state index in [2.05, 4.69) is 33.0 Å². The lowest BCUT2D eigenvalue weighted by molar-refractivity contribution is 0.390. The number of hydrogen-bond donors (Lipinski definition) is 1. The van der Waals surface area contributed by atoms with E-state index in [0.29, 0.717) is 6.04 Å². The van der Waals surface area contributed by atoms with Gasteiger partial charge < -0.3 is 5.32 Å². The average Bonchev–Trinajstić information content (AvgIpc) is 2.82. The molecule has 2 atom stereocenters. The zero-order valence-electron chi connectivity index (χ0n) is 9.64. The molecule has 1 aliphatic carbocycles. The Balaban J connectivity index is 2.05. The third-order valence-corrected chi connectivity index (χ3v) is 3.05. The molecule has 1 nitrogen and oxygen atoms in total. The molecule has 0 amide bonds. The van der Waals surface area contributed by atoms with E-state index in [9.17, 15) is 0 Å². The molecule has 1 fully saturated rings. The van der Waals surface area contributed by atoms with E-state index in [1.54, 1.807) is 0 Å². The van der Waals surface area contributed by atoms with Crippen LogP contribution in [0.4, 0.5) is 0 Å². The molecule has 78 valence electrons. The van der Waals surface area contributed by atoms with Gasteiger partial charge in [-0.05, 0) is 51.4 Å². The molecule has 0 aromatic heterocycles. The quantitative estimate of drug-likeness (QED) is 0.667. The van der Waals surface area contributed by atoms with Crippen molar-refractivity contribution in [3.05, 3.63) is 0 Å². The van der Waals surface area contributed by atoms with Crippen LogP contribution in [0.15, 0.2) is 0 Å². The maximum absolute atomic E-state index is 3.70. The lowest BCUT2D eigenvalue weighted by Crippen LogP contribution is -2.35. The molecule has 0 radical (unpaired) electrons. The Morgan fingerprint density at radius 2 is 1.69 bits per heavy atom. The fraction of sp³-hybridized carbons (Fsp3) is 1.00. The highest BCUT2D eigenvalue weighted by molar-refractivity contribution is 4.84. The van der Waals surface area contributed by atoms with E-state index >= 15 is 0 Å². The summed E-state index contributed by atoms with van der Waals surface area (Å²) in [6.45, 7) is 9.26. The SMILES string of the molecule is CC(C)CCC(C)NC(C)C1CC1. The molecule has 1 heteroatoms. The monoisotopic (exact) mass is 183 g/mol. The van der Waals surface area contributed by atoms with Crippen LogP contribution in [0.25, 0.3) is 0 Å². The van der Waals surface area contributed by atoms with Crippen molar-refractivity contribution >= 4 is 0 Å². The summed E-state index contributed by atoms with van der Waals surface area (Å²) in [7, 11) is 0. The second-order valence-electron chi connectivity index (χ2n) is 5.17. The Bertz CT molecular complexity index is 138. The van der Waals surface area contributed by atoms with Gasteiger partial charge in [-0.1, -0.05) is 13.8 Å². The fourth-order valence-electron chi connectivity index (χ4n) is 1.85. The van der Waals surface area contributed by atoms with Crippen molar-refractivity contribution in [3.63, 3.8) is 0 Å². The van der Waals surface area contributed by atoms with Crippen LogP contribution in [0.3, 0.4) is 0 Å². The highest BCUT2D eigenvalue weighted by atomic mass is 14.9. The van der Waals surface area contributed by atoms with E-state index < -0.39 is 0 Å². The molecule has 0 aromatic rings. The zero-order chi connectivity index (χ0) is 9.84. The van der Waals surface area contributed by atoms with Gasteiger partial charge in [0.05, 0.1) is 0 Å². The van der Waals surface area contributed by atoms with Crippen molar-refractivity contribution in [2.45, 2.75) is 65.5 Å². The van der Waals surface area contributed by atoms with Gasteiger partial charge in [-0.15, -0.1) is 0 Å². The van der Waals surface area contributed by atoms with Crippen LogP contribution >= 0.6 is 0 Å². The fourth-order valence-corrected chi connectivity index (χ4v) is 1.85. The van der Waals surface area contributed by atoms with Gasteiger partial charge in [-0.3, -0.25) is 0 Å². The second-order valence-corrected chi connectivity index (χ2v) is 5.17. The molecule has 0 aliphatic heterocycles. The summed E-state index contributed by atoms with van der Waals surface area (Å²) in [6.07, 6.45) is 5.58. The number of hydrogen-bond acceptors (Lipinski definition) is 1. The smallest absolute Gasteiger partial charge is 0.00694 e. The second kappa shape index (κ2) is 4.99. The van der Waals surface area contributed by atoms with E-state index in [4.69, 9.17) is 0 Å². The standard InChI is InChI=1S/C12H25N/c1-9(2)5-6-10(3)13-11(4)12-7-8-12/h9-13H,5-8H2,1-4H3. The van der Waals surface area contributed by atoms with Gasteiger partial charge >= 0.3 is 0 Å². The van der Waals surface area contributed by atoms with Crippen molar-refractivity contribution in [3.8, 4) is 0 Å². The molecule has 1 rings (SSSR count). The Morgan fingerprint density at radius 3 is 2.15 bits per heavy atom. The van der Waals surface area contributed by atoms with E-state index in [-0.39, 0.29) is 0 Å². The van der Waals surface area contributed by atoms with Gasteiger partial charge in [0.15, 0.2) is 0 Å². The van der Waals surface area contributed by atoms with Crippen LogP contribution in [0.2, 0.25) is 0 Å². The molecule has 0 spiro atoms. The minimum Gasteiger partial charge on any atom is -0.312 e. The first-order chi connectivity index (χ1) is 6.09. The number of nitrogens with one attached hydrogen (secondary N) is 1. The largest absolute Gasteiger partial charge is 0.312 e. The summed E-state index contributed by atoms with van der Waals surface area (Å²) < 4.78 is 0. The van der Waals surface area contributed by atoms with Crippen LogP contribution in [0, 0.1) is 11.8 Å². The molecule has 13 heavy (non-hydrogen) atoms. The molecular formula is C12H25N. The summed E-state index contributed by atoms with van der Waals surface area (Å²) in [5, 5.41) is 3.70. The molecule has 2 unspecified atom stereocenters. The maximum Gasteiger partial charge on any atom is 0.00694 e. The van der Waals surface area contributed by atoms with Crippen LogP contribution in [-0.2, 0) is 0 Å². The van der Waals surface area contributed by atoms with Gasteiger partial charge in [0.2, 0.25) is 0 Å². The first kappa shape index (κ1) is 11.0. The third-order valence-electron chi connectivity index (χ3n) is 3.05. The van der Waals surface area contributed by atoms with Crippen LogP contribution in [0.1, 0.15) is 53.4 Å². The van der Waals surface area contributed by atoms with Crippen LogP contribution in [0.5, 0.6) is 0 Å². The first-order valence-corrected chi connectivity index (χ1v) is 5.85. The topological polar surface area (TPSA) is 12.0 Å². The van der Waals surface area contributed by atoms with Crippen molar-refractivity contribution in [1.29, 1.82) is 0 Å². The lowest BCUT2D eigenvalue weighted by Gasteiger charge is -2.20. The molecule has 0 aromatic carbocycles. The molecule has 0 heterocycles. The summed E-state index contributed by atoms with van der Waals surface area (Å²) in [5.41, 5.74) is 0. The number of rotatable bonds is 6. The highest BCUT2D eigenvalue weighted by Gasteiger charge is 2.28. The van der Waals surface area contributed by atoms with Gasteiger partial charge in [0.1, 0.15) is 0 Å². The molecular weight excluding hydrogens is 158 g/mol. The van der Waals surface area contributed by atoms with Gasteiger partial charge in [0.25, 0.3) is 0 Å². The van der Waals surface area contributed by atoms with Gasteiger partial charge in [-0.2, -0.15) is 0 Å². The third kappa shape index (κ3) is 4.66. The Hall–Kier alpha value is -0.0400. The Morgan fingerprint density at radius 1 is 1.08 bits per heavy atom. The first-order valence-electron chi connectivity index (χ1n) is 5.85. The van der Waals surface area contributed by atoms with Crippen molar-refractivity contribution < 1.29 is 0 Å².